The van der Waals surface area contributed by atoms with Crippen molar-refractivity contribution in [1.82, 2.24) is 4.90 Å². The Balaban J connectivity index is 2.30. The molecule has 0 bridgehead atoms. The summed E-state index contributed by atoms with van der Waals surface area (Å²) in [5.41, 5.74) is 5.80. The Morgan fingerprint density at radius 2 is 2.08 bits per heavy atom. The molecule has 1 saturated heterocycles. The van der Waals surface area contributed by atoms with E-state index in [1.165, 1.54) is 12.0 Å². The first-order valence-electron chi connectivity index (χ1n) is 8.45. The predicted molar refractivity (Wildman–Crippen MR) is 96.2 cm³/mol. The van der Waals surface area contributed by atoms with Crippen LogP contribution in [0, 0.1) is 5.92 Å². The van der Waals surface area contributed by atoms with Crippen molar-refractivity contribution < 1.29 is 19.1 Å². The van der Waals surface area contributed by atoms with E-state index in [2.05, 4.69) is 0 Å². The second kappa shape index (κ2) is 8.43. The number of ether oxygens (including phenoxy) is 2. The number of halogens is 1. The first kappa shape index (κ1) is 19.4. The molecule has 0 aliphatic carbocycles. The van der Waals surface area contributed by atoms with Crippen LogP contribution in [0.2, 0.25) is 5.02 Å². The van der Waals surface area contributed by atoms with Crippen LogP contribution in [0.1, 0.15) is 43.5 Å². The van der Waals surface area contributed by atoms with E-state index in [1.54, 1.807) is 12.1 Å². The molecule has 1 heterocycles. The monoisotopic (exact) mass is 368 g/mol. The Hall–Kier alpha value is -1.95. The Kier molecular flexibility index (Phi) is 6.53. The maximum atomic E-state index is 12.9. The number of piperidine rings is 1. The fourth-order valence-electron chi connectivity index (χ4n) is 2.87. The first-order chi connectivity index (χ1) is 11.8. The van der Waals surface area contributed by atoms with E-state index in [4.69, 9.17) is 26.8 Å². The molecule has 0 aromatic heterocycles. The van der Waals surface area contributed by atoms with Crippen molar-refractivity contribution in [2.45, 2.75) is 39.2 Å². The molecule has 1 unspecified atom stereocenters. The summed E-state index contributed by atoms with van der Waals surface area (Å²) in [6, 6.07) is 2.56. The Morgan fingerprint density at radius 1 is 1.36 bits per heavy atom. The number of nitrogens with two attached hydrogens (primary N) is 1. The molecule has 1 fully saturated rings. The van der Waals surface area contributed by atoms with E-state index in [1.807, 2.05) is 13.8 Å². The molecule has 2 N–H and O–H groups in total. The summed E-state index contributed by atoms with van der Waals surface area (Å²) in [5, 5.41) is 0.302. The highest BCUT2D eigenvalue weighted by molar-refractivity contribution is 6.32. The molecular weight excluding hydrogens is 344 g/mol. The number of methoxy groups -OCH3 is 1. The van der Waals surface area contributed by atoms with E-state index < -0.39 is 11.9 Å². The van der Waals surface area contributed by atoms with Gasteiger partial charge in [0.25, 0.3) is 5.91 Å². The fraction of sp³-hybridized carbons (Fsp3) is 0.556. The number of amides is 2. The number of benzene rings is 1. The van der Waals surface area contributed by atoms with Crippen molar-refractivity contribution in [2.24, 2.45) is 11.7 Å². The van der Waals surface area contributed by atoms with Gasteiger partial charge in [-0.15, -0.1) is 0 Å². The van der Waals surface area contributed by atoms with Crippen LogP contribution in [0.15, 0.2) is 12.1 Å². The molecule has 138 valence electrons. The van der Waals surface area contributed by atoms with Gasteiger partial charge in [0, 0.05) is 12.1 Å². The number of likely N-dealkylation sites (tertiary alicyclic amines) is 1. The van der Waals surface area contributed by atoms with Gasteiger partial charge in [-0.2, -0.15) is 0 Å². The smallest absolute Gasteiger partial charge is 0.254 e. The fourth-order valence-corrected chi connectivity index (χ4v) is 3.13. The van der Waals surface area contributed by atoms with E-state index in [-0.39, 0.29) is 5.91 Å². The molecule has 25 heavy (non-hydrogen) atoms. The molecule has 1 aromatic rings. The molecule has 2 amide bonds. The van der Waals surface area contributed by atoms with Gasteiger partial charge in [0.1, 0.15) is 6.04 Å². The highest BCUT2D eigenvalue weighted by atomic mass is 35.5. The lowest BCUT2D eigenvalue weighted by molar-refractivity contribution is -0.123. The van der Waals surface area contributed by atoms with Crippen molar-refractivity contribution >= 4 is 23.4 Å². The quantitative estimate of drug-likeness (QED) is 0.837. The molecule has 0 spiro atoms. The van der Waals surface area contributed by atoms with Gasteiger partial charge in [-0.1, -0.05) is 25.4 Å². The van der Waals surface area contributed by atoms with Crippen LogP contribution in [0.3, 0.4) is 0 Å². The largest absolute Gasteiger partial charge is 0.493 e. The molecule has 6 nitrogen and oxygen atoms in total. The molecule has 1 atom stereocenters. The topological polar surface area (TPSA) is 81.9 Å². The van der Waals surface area contributed by atoms with Crippen LogP contribution < -0.4 is 15.2 Å². The molecule has 0 saturated carbocycles. The number of carbonyl (C=O) groups excluding carboxylic acids is 2. The summed E-state index contributed by atoms with van der Waals surface area (Å²) in [4.78, 5) is 26.0. The highest BCUT2D eigenvalue weighted by Crippen LogP contribution is 2.37. The second-order valence-corrected chi connectivity index (χ2v) is 7.01. The highest BCUT2D eigenvalue weighted by Gasteiger charge is 2.32. The average molecular weight is 369 g/mol. The zero-order valence-electron chi connectivity index (χ0n) is 14.9. The molecule has 1 aliphatic rings. The summed E-state index contributed by atoms with van der Waals surface area (Å²) < 4.78 is 11.0. The maximum Gasteiger partial charge on any atom is 0.254 e. The van der Waals surface area contributed by atoms with Gasteiger partial charge in [-0.3, -0.25) is 9.59 Å². The van der Waals surface area contributed by atoms with Gasteiger partial charge >= 0.3 is 0 Å². The van der Waals surface area contributed by atoms with E-state index in [0.717, 1.165) is 12.8 Å². The van der Waals surface area contributed by atoms with E-state index in [9.17, 15) is 9.59 Å². The van der Waals surface area contributed by atoms with Crippen LogP contribution in [0.5, 0.6) is 11.5 Å². The van der Waals surface area contributed by atoms with Gasteiger partial charge in [0.05, 0.1) is 18.7 Å². The Morgan fingerprint density at radius 3 is 2.68 bits per heavy atom. The number of hydrogen-bond acceptors (Lipinski definition) is 4. The summed E-state index contributed by atoms with van der Waals surface area (Å²) >= 11 is 6.31. The molecule has 2 rings (SSSR count). The van der Waals surface area contributed by atoms with E-state index in [0.29, 0.717) is 47.6 Å². The lowest BCUT2D eigenvalue weighted by atomic mass is 10.00. The summed E-state index contributed by atoms with van der Waals surface area (Å²) in [6.45, 7) is 5.04. The third-order valence-corrected chi connectivity index (χ3v) is 4.41. The molecule has 7 heteroatoms. The lowest BCUT2D eigenvalue weighted by Crippen LogP contribution is -2.50. The number of rotatable bonds is 6. The molecular formula is C18H25ClN2O4. The van der Waals surface area contributed by atoms with Gasteiger partial charge in [-0.25, -0.2) is 0 Å². The van der Waals surface area contributed by atoms with Crippen LogP contribution in [0.4, 0.5) is 0 Å². The minimum absolute atomic E-state index is 0.279. The predicted octanol–water partition coefficient (Wildman–Crippen LogP) is 2.86. The normalized spacial score (nSPS) is 17.5. The number of hydrogen-bond donors (Lipinski definition) is 1. The number of carbonyl (C=O) groups is 2. The number of nitrogens with zero attached hydrogens (tertiary/aromatic N) is 1. The van der Waals surface area contributed by atoms with Crippen molar-refractivity contribution in [1.29, 1.82) is 0 Å². The van der Waals surface area contributed by atoms with Crippen LogP contribution in [0.25, 0.3) is 0 Å². The maximum absolute atomic E-state index is 12.9. The van der Waals surface area contributed by atoms with Gasteiger partial charge in [0.2, 0.25) is 5.91 Å². The Bertz CT molecular complexity index is 648. The Labute approximate surface area is 153 Å². The zero-order chi connectivity index (χ0) is 18.6. The minimum atomic E-state index is -0.581. The molecule has 1 aliphatic heterocycles. The third-order valence-electron chi connectivity index (χ3n) is 4.13. The average Bonchev–Trinajstić information content (AvgIpc) is 2.59. The summed E-state index contributed by atoms with van der Waals surface area (Å²) in [6.07, 6.45) is 2.31. The van der Waals surface area contributed by atoms with Crippen molar-refractivity contribution in [3.05, 3.63) is 22.7 Å². The van der Waals surface area contributed by atoms with Gasteiger partial charge < -0.3 is 20.1 Å². The van der Waals surface area contributed by atoms with Crippen LogP contribution >= 0.6 is 11.6 Å². The van der Waals surface area contributed by atoms with Crippen molar-refractivity contribution in [3.8, 4) is 11.5 Å². The SMILES string of the molecule is COc1cc(C(=O)N2CCCCC2C(N)=O)cc(Cl)c1OCC(C)C. The minimum Gasteiger partial charge on any atom is -0.493 e. The first-order valence-corrected chi connectivity index (χ1v) is 8.83. The van der Waals surface area contributed by atoms with Gasteiger partial charge in [-0.05, 0) is 37.3 Å². The van der Waals surface area contributed by atoms with Crippen molar-refractivity contribution in [2.75, 3.05) is 20.3 Å². The van der Waals surface area contributed by atoms with E-state index >= 15 is 0 Å². The summed E-state index contributed by atoms with van der Waals surface area (Å²) in [7, 11) is 1.50. The van der Waals surface area contributed by atoms with Gasteiger partial charge in [0.15, 0.2) is 11.5 Å². The molecule has 1 aromatic carbocycles. The zero-order valence-corrected chi connectivity index (χ0v) is 15.6. The van der Waals surface area contributed by atoms with Crippen LogP contribution in [-0.4, -0.2) is 43.0 Å². The van der Waals surface area contributed by atoms with Crippen molar-refractivity contribution in [3.63, 3.8) is 0 Å². The second-order valence-electron chi connectivity index (χ2n) is 6.61. The third kappa shape index (κ3) is 4.57. The van der Waals surface area contributed by atoms with Crippen LogP contribution in [-0.2, 0) is 4.79 Å². The standard InChI is InChI=1S/C18H25ClN2O4/c1-11(2)10-25-16-13(19)8-12(9-15(16)24-3)18(23)21-7-5-4-6-14(21)17(20)22/h8-9,11,14H,4-7,10H2,1-3H3,(H2,20,22). The summed E-state index contributed by atoms with van der Waals surface area (Å²) in [5.74, 6) is 0.373. The lowest BCUT2D eigenvalue weighted by Gasteiger charge is -2.33. The number of primary amides is 1. The molecule has 0 radical (unpaired) electrons.